The SMILES string of the molecule is Cc1ccc(N(c2ccc(-c3ccccc3)cc2)c2cc3c4c(c2)N(c2ccccc2-c2cccc5c2oc2c(C(C)(C)C)cccc25)c2ccc(C(C)(C)C)cc2B4c2cc(C(C)(C)C)ccc2N3c2ccc(C(C)(C)C)cc2)c(C)c1. The number of anilines is 9. The lowest BCUT2D eigenvalue weighted by molar-refractivity contribution is 0.573. The van der Waals surface area contributed by atoms with E-state index in [0.717, 1.165) is 72.9 Å². The fourth-order valence-corrected chi connectivity index (χ4v) is 13.1. The summed E-state index contributed by atoms with van der Waals surface area (Å²) < 4.78 is 7.24. The van der Waals surface area contributed by atoms with Crippen LogP contribution in [0.3, 0.4) is 0 Å². The topological polar surface area (TPSA) is 22.9 Å². The van der Waals surface area contributed by atoms with Crippen molar-refractivity contribution >= 4 is 96.2 Å². The molecule has 0 saturated heterocycles. The van der Waals surface area contributed by atoms with E-state index in [9.17, 15) is 0 Å². The molecule has 0 unspecified atom stereocenters. The summed E-state index contributed by atoms with van der Waals surface area (Å²) in [5, 5.41) is 2.26. The van der Waals surface area contributed by atoms with Crippen LogP contribution in [0.1, 0.15) is 116 Å². The van der Waals surface area contributed by atoms with Crippen LogP contribution in [-0.4, -0.2) is 6.71 Å². The molecule has 0 atom stereocenters. The molecule has 0 fully saturated rings. The minimum absolute atomic E-state index is 0.0173. The number of hydrogen-bond acceptors (Lipinski definition) is 4. The highest BCUT2D eigenvalue weighted by Gasteiger charge is 2.45. The van der Waals surface area contributed by atoms with E-state index in [0.29, 0.717) is 0 Å². The number of furan rings is 1. The van der Waals surface area contributed by atoms with E-state index >= 15 is 0 Å². The van der Waals surface area contributed by atoms with E-state index in [1.165, 1.54) is 72.3 Å². The van der Waals surface area contributed by atoms with Crippen molar-refractivity contribution in [3.05, 3.63) is 240 Å². The van der Waals surface area contributed by atoms with Crippen LogP contribution in [0.5, 0.6) is 0 Å². The second-order valence-corrected chi connectivity index (χ2v) is 27.6. The Labute approximate surface area is 493 Å². The van der Waals surface area contributed by atoms with Crippen LogP contribution in [0.4, 0.5) is 51.2 Å². The van der Waals surface area contributed by atoms with Gasteiger partial charge in [0.2, 0.25) is 0 Å². The summed E-state index contributed by atoms with van der Waals surface area (Å²) in [5.74, 6) is 0. The summed E-state index contributed by atoms with van der Waals surface area (Å²) in [6.45, 7) is 32.2. The maximum atomic E-state index is 7.24. The van der Waals surface area contributed by atoms with Crippen LogP contribution in [0.25, 0.3) is 44.2 Å². The first kappa shape index (κ1) is 53.8. The number of para-hydroxylation sites is 3. The number of hydrogen-bond donors (Lipinski definition) is 0. The van der Waals surface area contributed by atoms with E-state index in [-0.39, 0.29) is 28.4 Å². The summed E-state index contributed by atoms with van der Waals surface area (Å²) in [7, 11) is 0. The Morgan fingerprint density at radius 1 is 0.386 bits per heavy atom. The first-order valence-corrected chi connectivity index (χ1v) is 29.8. The van der Waals surface area contributed by atoms with Gasteiger partial charge in [-0.05, 0) is 146 Å². The molecule has 0 spiro atoms. The maximum Gasteiger partial charge on any atom is 0.252 e. The molecule has 412 valence electrons. The molecule has 0 aliphatic carbocycles. The van der Waals surface area contributed by atoms with Gasteiger partial charge in [0.05, 0.1) is 11.4 Å². The molecule has 4 nitrogen and oxygen atoms in total. The molecule has 83 heavy (non-hydrogen) atoms. The first-order valence-electron chi connectivity index (χ1n) is 29.8. The van der Waals surface area contributed by atoms with Crippen LogP contribution in [-0.2, 0) is 21.7 Å². The zero-order chi connectivity index (χ0) is 58.1. The highest BCUT2D eigenvalue weighted by Crippen LogP contribution is 2.52. The van der Waals surface area contributed by atoms with Crippen molar-refractivity contribution in [1.82, 2.24) is 0 Å². The predicted molar refractivity (Wildman–Crippen MR) is 358 cm³/mol. The smallest absolute Gasteiger partial charge is 0.252 e. The average Bonchev–Trinajstić information content (AvgIpc) is 1.64. The van der Waals surface area contributed by atoms with E-state index in [2.05, 4.69) is 318 Å². The van der Waals surface area contributed by atoms with Crippen LogP contribution >= 0.6 is 0 Å². The highest BCUT2D eigenvalue weighted by molar-refractivity contribution is 7.00. The van der Waals surface area contributed by atoms with E-state index in [1.807, 2.05) is 0 Å². The van der Waals surface area contributed by atoms with Crippen molar-refractivity contribution in [3.63, 3.8) is 0 Å². The largest absolute Gasteiger partial charge is 0.455 e. The molecule has 0 radical (unpaired) electrons. The van der Waals surface area contributed by atoms with Gasteiger partial charge in [-0.1, -0.05) is 234 Å². The second kappa shape index (κ2) is 19.6. The number of aryl methyl sites for hydroxylation is 2. The fourth-order valence-electron chi connectivity index (χ4n) is 13.1. The summed E-state index contributed by atoms with van der Waals surface area (Å²) >= 11 is 0. The monoisotopic (exact) mass is 1080 g/mol. The van der Waals surface area contributed by atoms with Crippen molar-refractivity contribution in [3.8, 4) is 22.3 Å². The summed E-state index contributed by atoms with van der Waals surface area (Å²) in [5.41, 5.74) is 27.6. The molecule has 5 heteroatoms. The number of nitrogens with zero attached hydrogens (tertiary/aromatic N) is 3. The predicted octanol–water partition coefficient (Wildman–Crippen LogP) is 20.3. The Morgan fingerprint density at radius 3 is 1.54 bits per heavy atom. The number of benzene rings is 10. The molecule has 13 rings (SSSR count). The summed E-state index contributed by atoms with van der Waals surface area (Å²) in [6.07, 6.45) is 0. The molecule has 11 aromatic rings. The Bertz CT molecular complexity index is 4330. The molecule has 0 N–H and O–H groups in total. The van der Waals surface area contributed by atoms with Crippen molar-refractivity contribution < 1.29 is 4.42 Å². The molecule has 2 aliphatic rings. The third-order valence-corrected chi connectivity index (χ3v) is 17.6. The second-order valence-electron chi connectivity index (χ2n) is 27.6. The maximum absolute atomic E-state index is 7.24. The van der Waals surface area contributed by atoms with E-state index in [1.54, 1.807) is 0 Å². The van der Waals surface area contributed by atoms with Crippen LogP contribution in [0, 0.1) is 13.8 Å². The molecular formula is C78H76BN3O. The quantitative estimate of drug-likeness (QED) is 0.148. The average molecular weight is 1080 g/mol. The Hall–Kier alpha value is -8.54. The minimum atomic E-state index is -0.112. The zero-order valence-corrected chi connectivity index (χ0v) is 51.0. The Balaban J connectivity index is 1.16. The van der Waals surface area contributed by atoms with Gasteiger partial charge in [0, 0.05) is 67.3 Å². The summed E-state index contributed by atoms with van der Waals surface area (Å²) in [4.78, 5) is 7.69. The van der Waals surface area contributed by atoms with Gasteiger partial charge in [0.15, 0.2) is 0 Å². The standard InChI is InChI=1S/C78H76BN3O/c1-49-30-41-66(50(2)44-49)80(56-37-31-52(32-38-56)51-22-16-15-17-23-51)58-47-70-72-71(48-58)82(67-29-19-18-24-59(67)60-25-20-26-61-62-27-21-28-63(78(12,13)14)74(62)83-73(60)61)69-43-36-55(77(9,10)11)46-65(69)79(72)64-45-54(76(6,7)8)35-42-68(64)81(70)57-39-33-53(34-40-57)75(3,4)5/h15-48H,1-14H3. The van der Waals surface area contributed by atoms with E-state index in [4.69, 9.17) is 4.42 Å². The van der Waals surface area contributed by atoms with Gasteiger partial charge in [0.1, 0.15) is 11.2 Å². The molecular weight excluding hydrogens is 1010 g/mol. The lowest BCUT2D eigenvalue weighted by atomic mass is 9.33. The number of fused-ring (bicyclic) bond motifs is 7. The first-order chi connectivity index (χ1) is 39.5. The van der Waals surface area contributed by atoms with Crippen LogP contribution < -0.4 is 31.1 Å². The van der Waals surface area contributed by atoms with Gasteiger partial charge in [0.25, 0.3) is 6.71 Å². The summed E-state index contributed by atoms with van der Waals surface area (Å²) in [6, 6.07) is 78.2. The fraction of sp³-hybridized carbons (Fsp3) is 0.231. The third kappa shape index (κ3) is 9.24. The van der Waals surface area contributed by atoms with Gasteiger partial charge >= 0.3 is 0 Å². The molecule has 1 aromatic heterocycles. The van der Waals surface area contributed by atoms with Gasteiger partial charge in [-0.2, -0.15) is 0 Å². The molecule has 0 amide bonds. The highest BCUT2D eigenvalue weighted by atomic mass is 16.3. The van der Waals surface area contributed by atoms with Crippen LogP contribution in [0.2, 0.25) is 0 Å². The lowest BCUT2D eigenvalue weighted by Crippen LogP contribution is -2.61. The molecule has 3 heterocycles. The Kier molecular flexibility index (Phi) is 12.7. The van der Waals surface area contributed by atoms with Crippen LogP contribution in [0.15, 0.2) is 211 Å². The van der Waals surface area contributed by atoms with Crippen molar-refractivity contribution in [2.45, 2.75) is 119 Å². The van der Waals surface area contributed by atoms with Gasteiger partial charge in [-0.3, -0.25) is 0 Å². The van der Waals surface area contributed by atoms with Gasteiger partial charge in [-0.15, -0.1) is 0 Å². The molecule has 2 aliphatic heterocycles. The number of rotatable bonds is 7. The minimum Gasteiger partial charge on any atom is -0.455 e. The Morgan fingerprint density at radius 2 is 0.928 bits per heavy atom. The molecule has 0 bridgehead atoms. The van der Waals surface area contributed by atoms with Crippen molar-refractivity contribution in [2.24, 2.45) is 0 Å². The van der Waals surface area contributed by atoms with Crippen molar-refractivity contribution in [1.29, 1.82) is 0 Å². The zero-order valence-electron chi connectivity index (χ0n) is 51.0. The molecule has 0 saturated carbocycles. The van der Waals surface area contributed by atoms with Gasteiger partial charge < -0.3 is 19.1 Å². The normalized spacial score (nSPS) is 13.3. The molecule has 10 aromatic carbocycles. The lowest BCUT2D eigenvalue weighted by Gasteiger charge is -2.46. The van der Waals surface area contributed by atoms with E-state index < -0.39 is 0 Å². The van der Waals surface area contributed by atoms with Gasteiger partial charge in [-0.25, -0.2) is 0 Å². The van der Waals surface area contributed by atoms with Crippen molar-refractivity contribution in [2.75, 3.05) is 14.7 Å². The third-order valence-electron chi connectivity index (χ3n) is 17.6.